The van der Waals surface area contributed by atoms with Gasteiger partial charge in [0.1, 0.15) is 0 Å². The topological polar surface area (TPSA) is 68.8 Å². The van der Waals surface area contributed by atoms with Gasteiger partial charge >= 0.3 is 0 Å². The first-order chi connectivity index (χ1) is 13.3. The van der Waals surface area contributed by atoms with Crippen molar-refractivity contribution >= 4 is 41.5 Å². The predicted octanol–water partition coefficient (Wildman–Crippen LogP) is 3.87. The molecular weight excluding hydrogens is 477 g/mol. The number of benzene rings is 1. The Labute approximate surface area is 194 Å². The van der Waals surface area contributed by atoms with Gasteiger partial charge in [0.2, 0.25) is 5.91 Å². The van der Waals surface area contributed by atoms with Crippen LogP contribution in [-0.4, -0.2) is 55.0 Å². The number of halogens is 1. The van der Waals surface area contributed by atoms with Crippen molar-refractivity contribution in [2.75, 3.05) is 31.5 Å². The molecule has 1 aromatic rings. The zero-order valence-electron chi connectivity index (χ0n) is 18.9. The van der Waals surface area contributed by atoms with Crippen molar-refractivity contribution in [1.82, 2.24) is 15.5 Å². The van der Waals surface area contributed by atoms with Crippen LogP contribution in [0.2, 0.25) is 0 Å². The number of nitrogens with zero attached hydrogens (tertiary/aromatic N) is 2. The Balaban J connectivity index is 0.00000784. The standard InChI is InChI=1S/C22H39N5O.HI/c1-7-23-22(24-14-8-16-27(17(2)3)18(4)5)25-15-13-20-9-11-21(12-10-20)26-19(6)28;/h9-12,17-18H,7-8,13-16H2,1-6H3,(H,26,28)(H2,23,24,25);1H. The molecule has 0 spiro atoms. The van der Waals surface area contributed by atoms with Gasteiger partial charge < -0.3 is 16.0 Å². The normalized spacial score (nSPS) is 11.6. The molecule has 7 heteroatoms. The van der Waals surface area contributed by atoms with Crippen LogP contribution in [-0.2, 0) is 11.2 Å². The fraction of sp³-hybridized carbons (Fsp3) is 0.636. The highest BCUT2D eigenvalue weighted by atomic mass is 127. The minimum Gasteiger partial charge on any atom is -0.357 e. The molecule has 0 aromatic heterocycles. The highest BCUT2D eigenvalue weighted by molar-refractivity contribution is 14.0. The molecule has 0 saturated heterocycles. The maximum absolute atomic E-state index is 11.1. The number of amides is 1. The molecule has 1 rings (SSSR count). The third-order valence-corrected chi connectivity index (χ3v) is 4.50. The first kappa shape index (κ1) is 27.6. The van der Waals surface area contributed by atoms with Gasteiger partial charge in [0, 0.05) is 50.9 Å². The summed E-state index contributed by atoms with van der Waals surface area (Å²) >= 11 is 0. The van der Waals surface area contributed by atoms with Gasteiger partial charge in [0.15, 0.2) is 5.96 Å². The van der Waals surface area contributed by atoms with E-state index in [-0.39, 0.29) is 29.9 Å². The van der Waals surface area contributed by atoms with Gasteiger partial charge in [0.05, 0.1) is 0 Å². The number of carbonyl (C=O) groups is 1. The second-order valence-electron chi connectivity index (χ2n) is 7.59. The monoisotopic (exact) mass is 517 g/mol. The van der Waals surface area contributed by atoms with E-state index < -0.39 is 0 Å². The van der Waals surface area contributed by atoms with Crippen LogP contribution in [0.25, 0.3) is 0 Å². The Hall–Kier alpha value is -1.35. The van der Waals surface area contributed by atoms with Gasteiger partial charge in [-0.1, -0.05) is 12.1 Å². The van der Waals surface area contributed by atoms with Gasteiger partial charge in [0.25, 0.3) is 0 Å². The first-order valence-electron chi connectivity index (χ1n) is 10.5. The molecule has 0 aliphatic rings. The van der Waals surface area contributed by atoms with Crippen LogP contribution in [0.1, 0.15) is 53.5 Å². The molecule has 3 N–H and O–H groups in total. The van der Waals surface area contributed by atoms with Gasteiger partial charge in [-0.3, -0.25) is 14.7 Å². The Morgan fingerprint density at radius 1 is 1.07 bits per heavy atom. The lowest BCUT2D eigenvalue weighted by Gasteiger charge is -2.30. The lowest BCUT2D eigenvalue weighted by Crippen LogP contribution is -2.39. The molecule has 0 fully saturated rings. The SMILES string of the molecule is CCNC(=NCCCN(C(C)C)C(C)C)NCCc1ccc(NC(C)=O)cc1.I. The summed E-state index contributed by atoms with van der Waals surface area (Å²) in [6, 6.07) is 9.09. The molecule has 0 aliphatic carbocycles. The maximum Gasteiger partial charge on any atom is 0.221 e. The largest absolute Gasteiger partial charge is 0.357 e. The molecule has 0 radical (unpaired) electrons. The summed E-state index contributed by atoms with van der Waals surface area (Å²) in [6.07, 6.45) is 1.96. The molecular formula is C22H40IN5O. The summed E-state index contributed by atoms with van der Waals surface area (Å²) in [6.45, 7) is 16.1. The summed E-state index contributed by atoms with van der Waals surface area (Å²) in [5.74, 6) is 0.823. The van der Waals surface area contributed by atoms with Gasteiger partial charge in [-0.05, 0) is 65.2 Å². The van der Waals surface area contributed by atoms with E-state index in [4.69, 9.17) is 4.99 Å². The summed E-state index contributed by atoms with van der Waals surface area (Å²) in [5.41, 5.74) is 2.05. The molecule has 6 nitrogen and oxygen atoms in total. The van der Waals surface area contributed by atoms with E-state index in [0.29, 0.717) is 12.1 Å². The van der Waals surface area contributed by atoms with E-state index in [1.54, 1.807) is 0 Å². The average molecular weight is 518 g/mol. The maximum atomic E-state index is 11.1. The molecule has 0 saturated carbocycles. The number of rotatable bonds is 11. The number of guanidine groups is 1. The Morgan fingerprint density at radius 2 is 1.69 bits per heavy atom. The molecule has 0 bridgehead atoms. The fourth-order valence-electron chi connectivity index (χ4n) is 3.18. The van der Waals surface area contributed by atoms with Crippen molar-refractivity contribution in [2.24, 2.45) is 4.99 Å². The molecule has 0 atom stereocenters. The molecule has 166 valence electrons. The van der Waals surface area contributed by atoms with E-state index in [2.05, 4.69) is 55.5 Å². The Kier molecular flexibility index (Phi) is 14.8. The number of hydrogen-bond donors (Lipinski definition) is 3. The summed E-state index contributed by atoms with van der Waals surface area (Å²) < 4.78 is 0. The highest BCUT2D eigenvalue weighted by Crippen LogP contribution is 2.09. The molecule has 0 aliphatic heterocycles. The summed E-state index contributed by atoms with van der Waals surface area (Å²) in [7, 11) is 0. The Bertz CT molecular complexity index is 594. The van der Waals surface area contributed by atoms with Crippen molar-refractivity contribution in [2.45, 2.75) is 66.5 Å². The minimum absolute atomic E-state index is 0. The van der Waals surface area contributed by atoms with Crippen molar-refractivity contribution < 1.29 is 4.79 Å². The minimum atomic E-state index is -0.0502. The van der Waals surface area contributed by atoms with E-state index in [1.165, 1.54) is 12.5 Å². The second-order valence-corrected chi connectivity index (χ2v) is 7.59. The van der Waals surface area contributed by atoms with E-state index in [1.807, 2.05) is 24.3 Å². The van der Waals surface area contributed by atoms with Gasteiger partial charge in [-0.2, -0.15) is 0 Å². The number of hydrogen-bond acceptors (Lipinski definition) is 3. The fourth-order valence-corrected chi connectivity index (χ4v) is 3.18. The van der Waals surface area contributed by atoms with Crippen molar-refractivity contribution in [3.05, 3.63) is 29.8 Å². The lowest BCUT2D eigenvalue weighted by molar-refractivity contribution is -0.114. The van der Waals surface area contributed by atoms with Crippen molar-refractivity contribution in [3.63, 3.8) is 0 Å². The molecule has 0 heterocycles. The van der Waals surface area contributed by atoms with E-state index in [0.717, 1.165) is 50.7 Å². The highest BCUT2D eigenvalue weighted by Gasteiger charge is 2.12. The average Bonchev–Trinajstić information content (AvgIpc) is 2.61. The van der Waals surface area contributed by atoms with Gasteiger partial charge in [-0.25, -0.2) is 0 Å². The molecule has 1 amide bonds. The van der Waals surface area contributed by atoms with Crippen LogP contribution < -0.4 is 16.0 Å². The first-order valence-corrected chi connectivity index (χ1v) is 10.5. The molecule has 1 aromatic carbocycles. The number of aliphatic imine (C=N–C) groups is 1. The number of anilines is 1. The third-order valence-electron chi connectivity index (χ3n) is 4.50. The van der Waals surface area contributed by atoms with Crippen LogP contribution >= 0.6 is 24.0 Å². The third kappa shape index (κ3) is 12.1. The Morgan fingerprint density at radius 3 is 2.21 bits per heavy atom. The summed E-state index contributed by atoms with van der Waals surface area (Å²) in [4.78, 5) is 18.3. The van der Waals surface area contributed by atoms with Crippen LogP contribution in [0.5, 0.6) is 0 Å². The molecule has 0 unspecified atom stereocenters. The molecule has 29 heavy (non-hydrogen) atoms. The van der Waals surface area contributed by atoms with Crippen LogP contribution in [0.15, 0.2) is 29.3 Å². The van der Waals surface area contributed by atoms with Gasteiger partial charge in [-0.15, -0.1) is 24.0 Å². The van der Waals surface area contributed by atoms with E-state index >= 15 is 0 Å². The van der Waals surface area contributed by atoms with Crippen molar-refractivity contribution in [3.8, 4) is 0 Å². The lowest BCUT2D eigenvalue weighted by atomic mass is 10.1. The van der Waals surface area contributed by atoms with Crippen molar-refractivity contribution in [1.29, 1.82) is 0 Å². The van der Waals surface area contributed by atoms with Crippen LogP contribution in [0.4, 0.5) is 5.69 Å². The smallest absolute Gasteiger partial charge is 0.221 e. The quantitative estimate of drug-likeness (QED) is 0.181. The number of carbonyl (C=O) groups excluding carboxylic acids is 1. The predicted molar refractivity (Wildman–Crippen MR) is 135 cm³/mol. The second kappa shape index (κ2) is 15.5. The zero-order chi connectivity index (χ0) is 20.9. The van der Waals surface area contributed by atoms with Crippen LogP contribution in [0, 0.1) is 0 Å². The summed E-state index contributed by atoms with van der Waals surface area (Å²) in [5, 5.41) is 9.50. The number of nitrogens with one attached hydrogen (secondary N) is 3. The zero-order valence-corrected chi connectivity index (χ0v) is 21.2. The van der Waals surface area contributed by atoms with Crippen LogP contribution in [0.3, 0.4) is 0 Å². The van der Waals surface area contributed by atoms with E-state index in [9.17, 15) is 4.79 Å².